The van der Waals surface area contributed by atoms with E-state index >= 15 is 0 Å². The highest BCUT2D eigenvalue weighted by Gasteiger charge is 2.37. The maximum Gasteiger partial charge on any atom is 0.573 e. The fourth-order valence-electron chi connectivity index (χ4n) is 6.25. The molecule has 6 aromatic carbocycles. The SMILES string of the molecule is N=Nc1c(S(=O)(=O)O)c(-c2ccc(-c3ccc(-c4c(S(=O)(=O)O)c(N=N)c(O)c5ccccc45)c(OC(F)(F)F)c3)cc2OC(F)(F)F)c2ccccc2c1O. The third-order valence-corrected chi connectivity index (χ3v) is 10.1. The fourth-order valence-corrected chi connectivity index (χ4v) is 7.98. The van der Waals surface area contributed by atoms with Crippen molar-refractivity contribution in [2.75, 3.05) is 0 Å². The maximum atomic E-state index is 13.9. The Labute approximate surface area is 309 Å². The van der Waals surface area contributed by atoms with E-state index < -0.39 is 99.4 Å². The van der Waals surface area contributed by atoms with Crippen molar-refractivity contribution in [2.24, 2.45) is 10.2 Å². The number of alkyl halides is 6. The van der Waals surface area contributed by atoms with Gasteiger partial charge in [0.15, 0.2) is 11.5 Å². The number of nitrogens with zero attached hydrogens (tertiary/aromatic N) is 2. The summed E-state index contributed by atoms with van der Waals surface area (Å²) in [5.74, 6) is -4.20. The Kier molecular flexibility index (Phi) is 9.65. The molecule has 0 aliphatic heterocycles. The molecule has 0 aromatic heterocycles. The summed E-state index contributed by atoms with van der Waals surface area (Å²) in [6, 6.07) is 15.1. The van der Waals surface area contributed by atoms with Crippen molar-refractivity contribution >= 4 is 53.2 Å². The Morgan fingerprint density at radius 3 is 1.14 bits per heavy atom. The second-order valence-electron chi connectivity index (χ2n) is 11.6. The molecular weight excluding hydrogens is 803 g/mol. The lowest BCUT2D eigenvalue weighted by Crippen LogP contribution is -2.18. The first-order chi connectivity index (χ1) is 26.1. The molecule has 0 amide bonds. The Morgan fingerprint density at radius 2 is 0.857 bits per heavy atom. The molecule has 0 fully saturated rings. The van der Waals surface area contributed by atoms with Crippen LogP contribution >= 0.6 is 0 Å². The van der Waals surface area contributed by atoms with Gasteiger partial charge >= 0.3 is 12.7 Å². The number of phenols is 2. The van der Waals surface area contributed by atoms with Gasteiger partial charge in [-0.1, -0.05) is 60.7 Å². The minimum absolute atomic E-state index is 0.208. The van der Waals surface area contributed by atoms with Crippen LogP contribution in [0.15, 0.2) is 105 Å². The number of halogens is 6. The van der Waals surface area contributed by atoms with Gasteiger partial charge < -0.3 is 19.7 Å². The Morgan fingerprint density at radius 1 is 0.536 bits per heavy atom. The summed E-state index contributed by atoms with van der Waals surface area (Å²) in [5, 5.41) is 26.5. The second-order valence-corrected chi connectivity index (χ2v) is 14.3. The number of fused-ring (bicyclic) bond motifs is 2. The van der Waals surface area contributed by atoms with E-state index in [-0.39, 0.29) is 32.7 Å². The standard InChI is InChI=1S/C34H20F6N4O10S2/c35-33(36,37)53-23-13-15(9-11-21(23)25-17-5-1-3-7-19(17)29(45)27(43-41)31(25)55(47,48)49)16-10-12-22(24(14-16)54-34(38,39)40)26-18-6-2-4-8-20(18)30(46)28(44-42)32(26)56(50,51)52/h1-14,41-42,45-46H,(H,47,48,49)(H,50,51,52). The number of nitrogens with one attached hydrogen (secondary N) is 2. The van der Waals surface area contributed by atoms with Crippen molar-refractivity contribution < 1.29 is 72.0 Å². The van der Waals surface area contributed by atoms with Gasteiger partial charge in [-0.2, -0.15) is 27.1 Å². The number of aromatic hydroxyl groups is 2. The third kappa shape index (κ3) is 7.24. The van der Waals surface area contributed by atoms with E-state index in [9.17, 15) is 62.5 Å². The first-order valence-electron chi connectivity index (χ1n) is 15.1. The normalized spacial score (nSPS) is 12.5. The topological polar surface area (TPSA) is 240 Å². The molecule has 0 aliphatic carbocycles. The minimum atomic E-state index is -5.50. The highest BCUT2D eigenvalue weighted by atomic mass is 32.2. The van der Waals surface area contributed by atoms with Crippen LogP contribution in [0.1, 0.15) is 0 Å². The summed E-state index contributed by atoms with van der Waals surface area (Å²) in [6.45, 7) is 0. The van der Waals surface area contributed by atoms with Gasteiger partial charge in [0.2, 0.25) is 0 Å². The predicted octanol–water partition coefficient (Wildman–Crippen LogP) is 10.0. The zero-order chi connectivity index (χ0) is 41.1. The third-order valence-electron chi connectivity index (χ3n) is 8.26. The van der Waals surface area contributed by atoms with Crippen molar-refractivity contribution in [1.29, 1.82) is 11.1 Å². The number of rotatable bonds is 9. The van der Waals surface area contributed by atoms with Gasteiger partial charge in [0.25, 0.3) is 20.2 Å². The van der Waals surface area contributed by atoms with E-state index in [1.807, 2.05) is 0 Å². The van der Waals surface area contributed by atoms with Gasteiger partial charge in [-0.25, -0.2) is 11.1 Å². The molecule has 0 saturated heterocycles. The molecule has 0 heterocycles. The van der Waals surface area contributed by atoms with E-state index in [4.69, 9.17) is 11.1 Å². The zero-order valence-corrected chi connectivity index (χ0v) is 28.9. The Bertz CT molecular complexity index is 2670. The van der Waals surface area contributed by atoms with Gasteiger partial charge in [-0.15, -0.1) is 26.3 Å². The van der Waals surface area contributed by atoms with Crippen LogP contribution < -0.4 is 9.47 Å². The molecule has 6 N–H and O–H groups in total. The van der Waals surface area contributed by atoms with Crippen LogP contribution in [0.25, 0.3) is 54.9 Å². The molecule has 0 spiro atoms. The first-order valence-corrected chi connectivity index (χ1v) is 18.0. The number of phenolic OH excluding ortho intramolecular Hbond substituents is 2. The number of benzene rings is 6. The zero-order valence-electron chi connectivity index (χ0n) is 27.3. The lowest BCUT2D eigenvalue weighted by Gasteiger charge is -2.21. The smallest absolute Gasteiger partial charge is 0.505 e. The Hall–Kier alpha value is -6.36. The molecule has 0 atom stereocenters. The van der Waals surface area contributed by atoms with Crippen LogP contribution in [0, 0.1) is 11.1 Å². The molecular formula is C34H20F6N4O10S2. The lowest BCUT2D eigenvalue weighted by molar-refractivity contribution is -0.275. The maximum absolute atomic E-state index is 13.9. The highest BCUT2D eigenvalue weighted by Crippen LogP contribution is 2.53. The molecule has 290 valence electrons. The summed E-state index contributed by atoms with van der Waals surface area (Å²) in [6.07, 6.45) is -11.0. The average molecular weight is 823 g/mol. The van der Waals surface area contributed by atoms with Crippen molar-refractivity contribution in [2.45, 2.75) is 22.5 Å². The number of ether oxygens (including phenoxy) is 2. The van der Waals surface area contributed by atoms with Crippen molar-refractivity contribution in [1.82, 2.24) is 0 Å². The van der Waals surface area contributed by atoms with Crippen LogP contribution in [0.5, 0.6) is 23.0 Å². The van der Waals surface area contributed by atoms with Crippen molar-refractivity contribution in [3.63, 3.8) is 0 Å². The van der Waals surface area contributed by atoms with E-state index in [1.54, 1.807) is 0 Å². The monoisotopic (exact) mass is 822 g/mol. The predicted molar refractivity (Wildman–Crippen MR) is 184 cm³/mol. The molecule has 0 radical (unpaired) electrons. The second kappa shape index (κ2) is 13.7. The fraction of sp³-hybridized carbons (Fsp3) is 0.0588. The molecule has 0 bridgehead atoms. The van der Waals surface area contributed by atoms with Gasteiger partial charge in [-0.3, -0.25) is 9.11 Å². The van der Waals surface area contributed by atoms with Crippen LogP contribution in [0.3, 0.4) is 0 Å². The van der Waals surface area contributed by atoms with Gasteiger partial charge in [0.05, 0.1) is 0 Å². The number of hydrogen-bond acceptors (Lipinski definition) is 12. The highest BCUT2D eigenvalue weighted by molar-refractivity contribution is 7.86. The molecule has 0 saturated carbocycles. The van der Waals surface area contributed by atoms with E-state index in [2.05, 4.69) is 19.7 Å². The quantitative estimate of drug-likeness (QED) is 0.0458. The van der Waals surface area contributed by atoms with Gasteiger partial charge in [0.1, 0.15) is 32.7 Å². The summed E-state index contributed by atoms with van der Waals surface area (Å²) in [7, 11) is -11.0. The van der Waals surface area contributed by atoms with Gasteiger partial charge in [0, 0.05) is 33.0 Å². The van der Waals surface area contributed by atoms with E-state index in [0.29, 0.717) is 12.1 Å². The summed E-state index contributed by atoms with van der Waals surface area (Å²) < 4.78 is 163. The average Bonchev–Trinajstić information content (AvgIpc) is 3.10. The molecule has 0 aliphatic rings. The number of hydrogen-bond donors (Lipinski definition) is 6. The van der Waals surface area contributed by atoms with Crippen LogP contribution in [0.4, 0.5) is 37.7 Å². The molecule has 6 aromatic rings. The van der Waals surface area contributed by atoms with Crippen LogP contribution in [-0.4, -0.2) is 48.9 Å². The first kappa shape index (κ1) is 39.3. The molecule has 6 rings (SSSR count). The van der Waals surface area contributed by atoms with Crippen LogP contribution in [0.2, 0.25) is 0 Å². The Balaban J connectivity index is 1.68. The van der Waals surface area contributed by atoms with E-state index in [0.717, 1.165) is 24.3 Å². The summed E-state index contributed by atoms with van der Waals surface area (Å²) in [5.41, 5.74) is 9.37. The van der Waals surface area contributed by atoms with Crippen molar-refractivity contribution in [3.05, 3.63) is 84.9 Å². The molecule has 14 nitrogen and oxygen atoms in total. The molecule has 22 heteroatoms. The molecule has 56 heavy (non-hydrogen) atoms. The summed E-state index contributed by atoms with van der Waals surface area (Å²) in [4.78, 5) is -2.55. The van der Waals surface area contributed by atoms with Crippen molar-refractivity contribution in [3.8, 4) is 56.4 Å². The van der Waals surface area contributed by atoms with Crippen LogP contribution in [-0.2, 0) is 20.2 Å². The minimum Gasteiger partial charge on any atom is -0.505 e. The van der Waals surface area contributed by atoms with E-state index in [1.165, 1.54) is 48.5 Å². The molecule has 0 unspecified atom stereocenters. The largest absolute Gasteiger partial charge is 0.573 e. The summed E-state index contributed by atoms with van der Waals surface area (Å²) >= 11 is 0. The lowest BCUT2D eigenvalue weighted by atomic mass is 9.92. The van der Waals surface area contributed by atoms with Gasteiger partial charge in [-0.05, 0) is 46.2 Å².